The van der Waals surface area contributed by atoms with Crippen molar-refractivity contribution in [2.45, 2.75) is 32.5 Å². The first-order valence-electron chi connectivity index (χ1n) is 12.5. The summed E-state index contributed by atoms with van der Waals surface area (Å²) >= 11 is 6.15. The van der Waals surface area contributed by atoms with E-state index in [1.165, 1.54) is 6.07 Å². The molecule has 1 aliphatic heterocycles. The maximum absolute atomic E-state index is 14.2. The van der Waals surface area contributed by atoms with E-state index in [9.17, 15) is 22.4 Å². The van der Waals surface area contributed by atoms with Crippen LogP contribution < -0.4 is 0 Å². The van der Waals surface area contributed by atoms with Crippen molar-refractivity contribution in [3.05, 3.63) is 88.0 Å². The first-order valence-corrected chi connectivity index (χ1v) is 12.9. The third kappa shape index (κ3) is 5.49. The predicted octanol–water partition coefficient (Wildman–Crippen LogP) is 6.29. The number of piperazine rings is 1. The lowest BCUT2D eigenvalue weighted by Gasteiger charge is -2.34. The molecule has 0 bridgehead atoms. The SMILES string of the molecule is CC(C)c1ccc(-c2cc(C(F)(F)F)n3ncc(C(=O)N4CCN(Cc5c(F)cccc5Cl)CC4)c3n2)cc1. The summed E-state index contributed by atoms with van der Waals surface area (Å²) in [6.07, 6.45) is -3.57. The van der Waals surface area contributed by atoms with Crippen LogP contribution in [-0.4, -0.2) is 56.5 Å². The number of carbonyl (C=O) groups excluding carboxylic acids is 1. The van der Waals surface area contributed by atoms with Crippen LogP contribution in [0.2, 0.25) is 5.02 Å². The highest BCUT2D eigenvalue weighted by atomic mass is 35.5. The molecule has 39 heavy (non-hydrogen) atoms. The smallest absolute Gasteiger partial charge is 0.336 e. The Bertz CT molecular complexity index is 1490. The Morgan fingerprint density at radius 2 is 1.74 bits per heavy atom. The minimum atomic E-state index is -4.71. The van der Waals surface area contributed by atoms with Gasteiger partial charge in [0.05, 0.1) is 11.9 Å². The molecule has 1 amide bonds. The lowest BCUT2D eigenvalue weighted by Crippen LogP contribution is -2.48. The molecule has 2 aromatic heterocycles. The summed E-state index contributed by atoms with van der Waals surface area (Å²) in [4.78, 5) is 21.4. The van der Waals surface area contributed by atoms with Crippen molar-refractivity contribution in [2.75, 3.05) is 26.2 Å². The monoisotopic (exact) mass is 559 g/mol. The van der Waals surface area contributed by atoms with E-state index < -0.39 is 23.6 Å². The molecule has 4 aromatic rings. The fourth-order valence-electron chi connectivity index (χ4n) is 4.69. The number of hydrogen-bond donors (Lipinski definition) is 0. The van der Waals surface area contributed by atoms with Crippen LogP contribution >= 0.6 is 11.6 Å². The van der Waals surface area contributed by atoms with Crippen LogP contribution in [-0.2, 0) is 12.7 Å². The first-order chi connectivity index (χ1) is 18.5. The van der Waals surface area contributed by atoms with E-state index in [1.807, 2.05) is 30.9 Å². The van der Waals surface area contributed by atoms with E-state index in [4.69, 9.17) is 11.6 Å². The molecule has 0 atom stereocenters. The molecule has 2 aromatic carbocycles. The molecule has 11 heteroatoms. The summed E-state index contributed by atoms with van der Waals surface area (Å²) in [7, 11) is 0. The molecule has 0 saturated carbocycles. The summed E-state index contributed by atoms with van der Waals surface area (Å²) in [5.74, 6) is -0.585. The molecule has 0 unspecified atom stereocenters. The predicted molar refractivity (Wildman–Crippen MR) is 140 cm³/mol. The Balaban J connectivity index is 1.41. The van der Waals surface area contributed by atoms with Gasteiger partial charge >= 0.3 is 6.18 Å². The van der Waals surface area contributed by atoms with Gasteiger partial charge in [0.1, 0.15) is 11.4 Å². The van der Waals surface area contributed by atoms with Gasteiger partial charge in [0.15, 0.2) is 11.3 Å². The third-order valence-electron chi connectivity index (χ3n) is 6.97. The number of fused-ring (bicyclic) bond motifs is 1. The molecule has 3 heterocycles. The summed E-state index contributed by atoms with van der Waals surface area (Å²) in [6.45, 7) is 5.87. The highest BCUT2D eigenvalue weighted by Crippen LogP contribution is 2.33. The maximum Gasteiger partial charge on any atom is 0.433 e. The van der Waals surface area contributed by atoms with Gasteiger partial charge < -0.3 is 4.90 Å². The Kier molecular flexibility index (Phi) is 7.35. The van der Waals surface area contributed by atoms with Gasteiger partial charge in [-0.25, -0.2) is 13.9 Å². The molecule has 6 nitrogen and oxygen atoms in total. The summed E-state index contributed by atoms with van der Waals surface area (Å²) in [5.41, 5.74) is 0.872. The van der Waals surface area contributed by atoms with Crippen LogP contribution in [0.5, 0.6) is 0 Å². The number of halogens is 5. The second-order valence-electron chi connectivity index (χ2n) is 9.86. The standard InChI is InChI=1S/C28H26ClF4N5O/c1-17(2)18-6-8-19(9-7-18)24-14-25(28(31,32)33)38-26(35-24)20(15-34-38)27(39)37-12-10-36(11-13-37)16-21-22(29)4-3-5-23(21)30/h3-9,14-15,17H,10-13,16H2,1-2H3. The number of benzene rings is 2. The van der Waals surface area contributed by atoms with E-state index in [0.29, 0.717) is 53.4 Å². The molecular weight excluding hydrogens is 534 g/mol. The zero-order valence-corrected chi connectivity index (χ0v) is 22.1. The third-order valence-corrected chi connectivity index (χ3v) is 7.32. The molecule has 0 N–H and O–H groups in total. The van der Waals surface area contributed by atoms with Crippen molar-refractivity contribution in [3.63, 3.8) is 0 Å². The Morgan fingerprint density at radius 1 is 1.05 bits per heavy atom. The van der Waals surface area contributed by atoms with Crippen LogP contribution in [0.3, 0.4) is 0 Å². The first kappa shape index (κ1) is 27.1. The Morgan fingerprint density at radius 3 is 2.36 bits per heavy atom. The summed E-state index contributed by atoms with van der Waals surface area (Å²) in [6, 6.07) is 12.6. The van der Waals surface area contributed by atoms with Gasteiger partial charge in [0, 0.05) is 48.9 Å². The van der Waals surface area contributed by atoms with Gasteiger partial charge in [-0.1, -0.05) is 55.8 Å². The number of amides is 1. The lowest BCUT2D eigenvalue weighted by atomic mass is 10.0. The van der Waals surface area contributed by atoms with Crippen LogP contribution in [0.15, 0.2) is 54.7 Å². The van der Waals surface area contributed by atoms with Gasteiger partial charge in [-0.05, 0) is 29.7 Å². The summed E-state index contributed by atoms with van der Waals surface area (Å²) in [5, 5.41) is 4.22. The minimum absolute atomic E-state index is 0.00764. The molecular formula is C28H26ClF4N5O. The largest absolute Gasteiger partial charge is 0.433 e. The quantitative estimate of drug-likeness (QED) is 0.270. The van der Waals surface area contributed by atoms with Gasteiger partial charge in [0.2, 0.25) is 0 Å². The van der Waals surface area contributed by atoms with Crippen molar-refractivity contribution in [2.24, 2.45) is 0 Å². The fourth-order valence-corrected chi connectivity index (χ4v) is 4.91. The topological polar surface area (TPSA) is 53.7 Å². The number of nitrogens with zero attached hydrogens (tertiary/aromatic N) is 5. The molecule has 1 fully saturated rings. The number of aromatic nitrogens is 3. The molecule has 1 aliphatic rings. The maximum atomic E-state index is 14.2. The van der Waals surface area contributed by atoms with Gasteiger partial charge in [-0.15, -0.1) is 0 Å². The Labute approximate surface area is 227 Å². The normalized spacial score (nSPS) is 14.9. The molecule has 0 aliphatic carbocycles. The highest BCUT2D eigenvalue weighted by molar-refractivity contribution is 6.31. The molecule has 204 valence electrons. The highest BCUT2D eigenvalue weighted by Gasteiger charge is 2.36. The van der Waals surface area contributed by atoms with E-state index in [0.717, 1.165) is 17.8 Å². The van der Waals surface area contributed by atoms with Gasteiger partial charge in [-0.2, -0.15) is 18.3 Å². The summed E-state index contributed by atoms with van der Waals surface area (Å²) < 4.78 is 56.9. The van der Waals surface area contributed by atoms with Crippen LogP contribution in [0.25, 0.3) is 16.9 Å². The van der Waals surface area contributed by atoms with E-state index in [2.05, 4.69) is 10.1 Å². The molecule has 5 rings (SSSR count). The molecule has 1 saturated heterocycles. The number of alkyl halides is 3. The Hall–Kier alpha value is -3.50. The van der Waals surface area contributed by atoms with Gasteiger partial charge in [-0.3, -0.25) is 9.69 Å². The van der Waals surface area contributed by atoms with Crippen LogP contribution in [0.1, 0.15) is 46.9 Å². The van der Waals surface area contributed by atoms with Crippen LogP contribution in [0, 0.1) is 5.82 Å². The van der Waals surface area contributed by atoms with E-state index in [-0.39, 0.29) is 22.8 Å². The number of carbonyl (C=O) groups is 1. The van der Waals surface area contributed by atoms with Crippen molar-refractivity contribution < 1.29 is 22.4 Å². The number of rotatable bonds is 5. The minimum Gasteiger partial charge on any atom is -0.336 e. The molecule has 0 radical (unpaired) electrons. The fraction of sp³-hybridized carbons (Fsp3) is 0.321. The average Bonchev–Trinajstić information content (AvgIpc) is 3.33. The van der Waals surface area contributed by atoms with E-state index in [1.54, 1.807) is 29.2 Å². The van der Waals surface area contributed by atoms with Crippen molar-refractivity contribution >= 4 is 23.2 Å². The van der Waals surface area contributed by atoms with E-state index >= 15 is 0 Å². The van der Waals surface area contributed by atoms with Crippen molar-refractivity contribution in [3.8, 4) is 11.3 Å². The molecule has 0 spiro atoms. The zero-order chi connectivity index (χ0) is 27.9. The van der Waals surface area contributed by atoms with Gasteiger partial charge in [0.25, 0.3) is 5.91 Å². The second-order valence-corrected chi connectivity index (χ2v) is 10.3. The average molecular weight is 560 g/mol. The van der Waals surface area contributed by atoms with Crippen molar-refractivity contribution in [1.29, 1.82) is 0 Å². The zero-order valence-electron chi connectivity index (χ0n) is 21.3. The second kappa shape index (κ2) is 10.6. The lowest BCUT2D eigenvalue weighted by molar-refractivity contribution is -0.142. The van der Waals surface area contributed by atoms with Crippen molar-refractivity contribution in [1.82, 2.24) is 24.4 Å². The number of hydrogen-bond acceptors (Lipinski definition) is 4. The van der Waals surface area contributed by atoms with Crippen LogP contribution in [0.4, 0.5) is 17.6 Å².